The number of nitrogens with zero attached hydrogens (tertiary/aromatic N) is 2. The topological polar surface area (TPSA) is 83.4 Å². The molecule has 1 saturated heterocycles. The molecule has 0 radical (unpaired) electrons. The first kappa shape index (κ1) is 27.9. The molecule has 1 saturated carbocycles. The number of rotatable bonds is 10. The molecule has 1 aliphatic carbocycles. The number of likely N-dealkylation sites (tertiary alicyclic amines) is 1. The van der Waals surface area contributed by atoms with Crippen molar-refractivity contribution in [1.29, 1.82) is 0 Å². The number of amides is 2. The molecule has 0 bridgehead atoms. The Hall–Kier alpha value is -4.23. The smallest absolute Gasteiger partial charge is 0.258 e. The van der Waals surface area contributed by atoms with E-state index in [1.165, 1.54) is 25.9 Å². The van der Waals surface area contributed by atoms with Crippen molar-refractivity contribution in [1.82, 2.24) is 20.1 Å². The number of aromatic nitrogens is 1. The van der Waals surface area contributed by atoms with E-state index in [0.717, 1.165) is 53.4 Å². The fraction of sp³-hybridized carbons (Fsp3) is 0.343. The molecule has 2 N–H and O–H groups in total. The van der Waals surface area contributed by atoms with Crippen molar-refractivity contribution in [2.45, 2.75) is 51.6 Å². The van der Waals surface area contributed by atoms with E-state index in [1.54, 1.807) is 4.57 Å². The second kappa shape index (κ2) is 12.3. The molecule has 3 aromatic carbocycles. The number of fused-ring (bicyclic) bond motifs is 1. The van der Waals surface area contributed by atoms with Crippen LogP contribution in [-0.2, 0) is 6.54 Å². The minimum absolute atomic E-state index is 0.0380. The van der Waals surface area contributed by atoms with E-state index in [9.17, 15) is 14.4 Å². The molecule has 216 valence electrons. The maximum Gasteiger partial charge on any atom is 0.258 e. The van der Waals surface area contributed by atoms with E-state index >= 15 is 0 Å². The molecule has 0 unspecified atom stereocenters. The summed E-state index contributed by atoms with van der Waals surface area (Å²) in [5.74, 6) is -0.102. The van der Waals surface area contributed by atoms with Gasteiger partial charge >= 0.3 is 0 Å². The second-order valence-electron chi connectivity index (χ2n) is 11.7. The van der Waals surface area contributed by atoms with Crippen LogP contribution in [0, 0.1) is 6.92 Å². The van der Waals surface area contributed by atoms with Gasteiger partial charge in [0.2, 0.25) is 0 Å². The van der Waals surface area contributed by atoms with Crippen LogP contribution in [0.4, 0.5) is 0 Å². The van der Waals surface area contributed by atoms with E-state index in [-0.39, 0.29) is 17.4 Å². The summed E-state index contributed by atoms with van der Waals surface area (Å²) in [4.78, 5) is 41.0. The molecule has 0 atom stereocenters. The lowest BCUT2D eigenvalue weighted by molar-refractivity contribution is 0.0943. The highest BCUT2D eigenvalue weighted by Crippen LogP contribution is 2.28. The molecule has 2 amide bonds. The monoisotopic (exact) mass is 562 g/mol. The van der Waals surface area contributed by atoms with Crippen molar-refractivity contribution in [3.05, 3.63) is 106 Å². The summed E-state index contributed by atoms with van der Waals surface area (Å²) in [6.07, 6.45) is 7.44. The molecule has 42 heavy (non-hydrogen) atoms. The molecule has 0 spiro atoms. The summed E-state index contributed by atoms with van der Waals surface area (Å²) in [5, 5.41) is 7.58. The number of nitrogens with one attached hydrogen (secondary N) is 2. The predicted octanol–water partition coefficient (Wildman–Crippen LogP) is 5.13. The predicted molar refractivity (Wildman–Crippen MR) is 167 cm³/mol. The molecular formula is C35H38N4O3. The van der Waals surface area contributed by atoms with E-state index in [2.05, 4.69) is 15.5 Å². The number of carbonyl (C=O) groups is 2. The lowest BCUT2D eigenvalue weighted by Gasteiger charge is -2.14. The van der Waals surface area contributed by atoms with Gasteiger partial charge in [-0.1, -0.05) is 24.3 Å². The maximum absolute atomic E-state index is 13.4. The van der Waals surface area contributed by atoms with E-state index in [0.29, 0.717) is 35.6 Å². The first-order valence-electron chi connectivity index (χ1n) is 15.1. The zero-order valence-corrected chi connectivity index (χ0v) is 24.2. The van der Waals surface area contributed by atoms with Crippen molar-refractivity contribution in [2.75, 3.05) is 26.2 Å². The molecule has 7 heteroatoms. The largest absolute Gasteiger partial charge is 0.352 e. The van der Waals surface area contributed by atoms with Gasteiger partial charge in [-0.2, -0.15) is 0 Å². The molecule has 2 fully saturated rings. The van der Waals surface area contributed by atoms with Crippen molar-refractivity contribution in [3.63, 3.8) is 0 Å². The van der Waals surface area contributed by atoms with Crippen LogP contribution in [0.15, 0.2) is 77.7 Å². The third-order valence-corrected chi connectivity index (χ3v) is 8.40. The Labute approximate surface area is 246 Å². The zero-order chi connectivity index (χ0) is 29.1. The number of pyridine rings is 1. The fourth-order valence-electron chi connectivity index (χ4n) is 5.72. The summed E-state index contributed by atoms with van der Waals surface area (Å²) >= 11 is 0. The summed E-state index contributed by atoms with van der Waals surface area (Å²) in [6.45, 7) is 6.51. The maximum atomic E-state index is 13.4. The first-order chi connectivity index (χ1) is 20.4. The van der Waals surface area contributed by atoms with Gasteiger partial charge in [0, 0.05) is 35.3 Å². The number of aryl methyl sites for hydroxylation is 1. The van der Waals surface area contributed by atoms with Crippen LogP contribution in [0.3, 0.4) is 0 Å². The van der Waals surface area contributed by atoms with E-state index in [1.807, 2.05) is 79.9 Å². The van der Waals surface area contributed by atoms with Crippen LogP contribution in [0.2, 0.25) is 0 Å². The van der Waals surface area contributed by atoms with Crippen LogP contribution in [0.5, 0.6) is 0 Å². The van der Waals surface area contributed by atoms with Gasteiger partial charge in [-0.05, 0) is 129 Å². The quantitative estimate of drug-likeness (QED) is 0.263. The summed E-state index contributed by atoms with van der Waals surface area (Å²) < 4.78 is 1.70. The van der Waals surface area contributed by atoms with Crippen LogP contribution >= 0.6 is 0 Å². The highest BCUT2D eigenvalue weighted by atomic mass is 16.2. The highest BCUT2D eigenvalue weighted by Gasteiger charge is 2.24. The van der Waals surface area contributed by atoms with Crippen molar-refractivity contribution in [2.24, 2.45) is 0 Å². The molecule has 4 aromatic rings. The average Bonchev–Trinajstić information content (AvgIpc) is 3.66. The van der Waals surface area contributed by atoms with Gasteiger partial charge < -0.3 is 20.1 Å². The van der Waals surface area contributed by atoms with Crippen molar-refractivity contribution in [3.8, 4) is 11.1 Å². The Balaban J connectivity index is 1.11. The average molecular weight is 563 g/mol. The molecular weight excluding hydrogens is 524 g/mol. The van der Waals surface area contributed by atoms with Gasteiger partial charge in [-0.15, -0.1) is 0 Å². The lowest BCUT2D eigenvalue weighted by atomic mass is 9.96. The van der Waals surface area contributed by atoms with Gasteiger partial charge in [0.15, 0.2) is 0 Å². The van der Waals surface area contributed by atoms with Gasteiger partial charge in [0.1, 0.15) is 0 Å². The zero-order valence-electron chi connectivity index (χ0n) is 24.2. The van der Waals surface area contributed by atoms with Crippen LogP contribution in [-0.4, -0.2) is 53.5 Å². The minimum atomic E-state index is -0.0639. The number of hydrogen-bond acceptors (Lipinski definition) is 4. The van der Waals surface area contributed by atoms with Crippen molar-refractivity contribution < 1.29 is 9.59 Å². The van der Waals surface area contributed by atoms with Gasteiger partial charge in [0.25, 0.3) is 17.4 Å². The Bertz CT molecular complexity index is 1660. The number of hydrogen-bond donors (Lipinski definition) is 2. The van der Waals surface area contributed by atoms with E-state index in [4.69, 9.17) is 0 Å². The molecule has 2 heterocycles. The van der Waals surface area contributed by atoms with Crippen LogP contribution in [0.1, 0.15) is 63.9 Å². The number of benzene rings is 3. The molecule has 7 nitrogen and oxygen atoms in total. The summed E-state index contributed by atoms with van der Waals surface area (Å²) in [6, 6.07) is 21.4. The first-order valence-corrected chi connectivity index (χ1v) is 15.1. The lowest BCUT2D eigenvalue weighted by Crippen LogP contribution is -2.28. The Morgan fingerprint density at radius 2 is 1.64 bits per heavy atom. The Kier molecular flexibility index (Phi) is 8.20. The van der Waals surface area contributed by atoms with Crippen LogP contribution in [0.25, 0.3) is 21.9 Å². The summed E-state index contributed by atoms with van der Waals surface area (Å²) in [5.41, 5.74) is 5.21. The Morgan fingerprint density at radius 3 is 2.40 bits per heavy atom. The molecule has 2 aliphatic rings. The standard InChI is InChI=1S/C35H38N4O3/c1-24-5-8-29(34(41)37-30-12-13-30)22-32(24)27-11-14-31-28(21-27)15-20-39(35(31)42)23-25-6-9-26(10-7-25)33(40)36-16-4-19-38-17-2-3-18-38/h5-11,14-15,20-22,30H,2-4,12-13,16-19,23H2,1H3,(H,36,40)(H,37,41). The Morgan fingerprint density at radius 1 is 0.881 bits per heavy atom. The van der Waals surface area contributed by atoms with Gasteiger partial charge in [-0.3, -0.25) is 14.4 Å². The van der Waals surface area contributed by atoms with E-state index < -0.39 is 0 Å². The van der Waals surface area contributed by atoms with Gasteiger partial charge in [-0.25, -0.2) is 0 Å². The number of carbonyl (C=O) groups excluding carboxylic acids is 2. The normalized spacial score (nSPS) is 15.2. The minimum Gasteiger partial charge on any atom is -0.352 e. The third-order valence-electron chi connectivity index (χ3n) is 8.40. The highest BCUT2D eigenvalue weighted by molar-refractivity contribution is 5.97. The van der Waals surface area contributed by atoms with Crippen molar-refractivity contribution >= 4 is 22.6 Å². The summed E-state index contributed by atoms with van der Waals surface area (Å²) in [7, 11) is 0. The van der Waals surface area contributed by atoms with Crippen LogP contribution < -0.4 is 16.2 Å². The third kappa shape index (κ3) is 6.47. The molecule has 1 aliphatic heterocycles. The second-order valence-corrected chi connectivity index (χ2v) is 11.7. The SMILES string of the molecule is Cc1ccc(C(=O)NC2CC2)cc1-c1ccc2c(=O)n(Cc3ccc(C(=O)NCCCN4CCCC4)cc3)ccc2c1. The fourth-order valence-corrected chi connectivity index (χ4v) is 5.72. The van der Waals surface area contributed by atoms with Gasteiger partial charge in [0.05, 0.1) is 6.54 Å². The molecule has 6 rings (SSSR count). The molecule has 1 aromatic heterocycles.